The van der Waals surface area contributed by atoms with Crippen LogP contribution in [0, 0.1) is 5.92 Å². The van der Waals surface area contributed by atoms with Gasteiger partial charge in [-0.05, 0) is 12.3 Å². The van der Waals surface area contributed by atoms with Gasteiger partial charge in [0, 0.05) is 6.92 Å². The number of esters is 2. The summed E-state index contributed by atoms with van der Waals surface area (Å²) >= 11 is 0. The lowest BCUT2D eigenvalue weighted by Crippen LogP contribution is -2.29. The largest absolute Gasteiger partial charge is 0.466 e. The third-order valence-electron chi connectivity index (χ3n) is 2.09. The predicted molar refractivity (Wildman–Crippen MR) is 51.6 cm³/mol. The van der Waals surface area contributed by atoms with E-state index in [1.54, 1.807) is 0 Å². The number of ether oxygens (including phenoxy) is 2. The first-order chi connectivity index (χ1) is 6.51. The highest BCUT2D eigenvalue weighted by atomic mass is 16.6. The van der Waals surface area contributed by atoms with E-state index in [1.807, 2.05) is 13.8 Å². The minimum absolute atomic E-state index is 0.332. The molecule has 0 aromatic heterocycles. The second-order valence-electron chi connectivity index (χ2n) is 3.37. The highest BCUT2D eigenvalue weighted by Crippen LogP contribution is 2.13. The first-order valence-corrected chi connectivity index (χ1v) is 4.76. The van der Waals surface area contributed by atoms with Gasteiger partial charge in [-0.25, -0.2) is 4.79 Å². The van der Waals surface area contributed by atoms with Gasteiger partial charge in [0.2, 0.25) is 0 Å². The third kappa shape index (κ3) is 4.84. The molecule has 2 atom stereocenters. The standard InChI is InChI=1S/C10H18O4/c1-5-7(2)6-9(10(12)13-4)14-8(3)11/h7,9H,5-6H2,1-4H3. The highest BCUT2D eigenvalue weighted by Gasteiger charge is 2.23. The topological polar surface area (TPSA) is 52.6 Å². The zero-order valence-corrected chi connectivity index (χ0v) is 9.20. The van der Waals surface area contributed by atoms with Crippen LogP contribution in [0.25, 0.3) is 0 Å². The molecule has 0 saturated carbocycles. The lowest BCUT2D eigenvalue weighted by Gasteiger charge is -2.17. The molecule has 0 radical (unpaired) electrons. The maximum atomic E-state index is 11.2. The smallest absolute Gasteiger partial charge is 0.347 e. The van der Waals surface area contributed by atoms with E-state index in [0.29, 0.717) is 12.3 Å². The van der Waals surface area contributed by atoms with Crippen LogP contribution in [0.3, 0.4) is 0 Å². The molecule has 0 aliphatic rings. The molecular weight excluding hydrogens is 184 g/mol. The van der Waals surface area contributed by atoms with Gasteiger partial charge in [0.05, 0.1) is 7.11 Å². The Kier molecular flexibility index (Phi) is 5.92. The quantitative estimate of drug-likeness (QED) is 0.634. The molecule has 0 aliphatic carbocycles. The van der Waals surface area contributed by atoms with Crippen LogP contribution in [0.2, 0.25) is 0 Å². The number of rotatable bonds is 5. The van der Waals surface area contributed by atoms with Crippen molar-refractivity contribution in [1.29, 1.82) is 0 Å². The molecular formula is C10H18O4. The van der Waals surface area contributed by atoms with Crippen LogP contribution in [-0.4, -0.2) is 25.2 Å². The lowest BCUT2D eigenvalue weighted by atomic mass is 10.0. The fourth-order valence-electron chi connectivity index (χ4n) is 1.06. The fraction of sp³-hybridized carbons (Fsp3) is 0.800. The van der Waals surface area contributed by atoms with Gasteiger partial charge >= 0.3 is 11.9 Å². The van der Waals surface area contributed by atoms with Gasteiger partial charge in [-0.1, -0.05) is 20.3 Å². The van der Waals surface area contributed by atoms with Crippen molar-refractivity contribution >= 4 is 11.9 Å². The highest BCUT2D eigenvalue weighted by molar-refractivity contribution is 5.78. The van der Waals surface area contributed by atoms with Crippen molar-refractivity contribution in [2.24, 2.45) is 5.92 Å². The van der Waals surface area contributed by atoms with Gasteiger partial charge in [-0.2, -0.15) is 0 Å². The van der Waals surface area contributed by atoms with Gasteiger partial charge < -0.3 is 9.47 Å². The van der Waals surface area contributed by atoms with Gasteiger partial charge in [-0.3, -0.25) is 4.79 Å². The lowest BCUT2D eigenvalue weighted by molar-refractivity contribution is -0.165. The van der Waals surface area contributed by atoms with E-state index in [9.17, 15) is 9.59 Å². The predicted octanol–water partition coefficient (Wildman–Crippen LogP) is 1.53. The molecule has 2 unspecified atom stereocenters. The summed E-state index contributed by atoms with van der Waals surface area (Å²) in [6.45, 7) is 5.30. The molecule has 0 saturated heterocycles. The molecule has 0 aromatic rings. The normalized spacial score (nSPS) is 14.3. The summed E-state index contributed by atoms with van der Waals surface area (Å²) in [7, 11) is 1.29. The minimum Gasteiger partial charge on any atom is -0.466 e. The molecule has 0 fully saturated rings. The molecule has 4 heteroatoms. The first kappa shape index (κ1) is 12.9. The van der Waals surface area contributed by atoms with Crippen LogP contribution in [0.15, 0.2) is 0 Å². The van der Waals surface area contributed by atoms with Gasteiger partial charge in [0.15, 0.2) is 6.10 Å². The van der Waals surface area contributed by atoms with Crippen LogP contribution in [0.5, 0.6) is 0 Å². The Bertz CT molecular complexity index is 200. The van der Waals surface area contributed by atoms with Crippen LogP contribution < -0.4 is 0 Å². The summed E-state index contributed by atoms with van der Waals surface area (Å²) in [5.41, 5.74) is 0. The SMILES string of the molecule is CCC(C)CC(OC(C)=O)C(=O)OC. The molecule has 14 heavy (non-hydrogen) atoms. The summed E-state index contributed by atoms with van der Waals surface area (Å²) in [6, 6.07) is 0. The van der Waals surface area contributed by atoms with E-state index < -0.39 is 18.0 Å². The molecule has 0 N–H and O–H groups in total. The van der Waals surface area contributed by atoms with Crippen molar-refractivity contribution in [1.82, 2.24) is 0 Å². The maximum Gasteiger partial charge on any atom is 0.347 e. The molecule has 82 valence electrons. The molecule has 0 bridgehead atoms. The Hall–Kier alpha value is -1.06. The number of hydrogen-bond acceptors (Lipinski definition) is 4. The van der Waals surface area contributed by atoms with Crippen LogP contribution in [0.4, 0.5) is 0 Å². The Morgan fingerprint density at radius 2 is 1.93 bits per heavy atom. The van der Waals surface area contributed by atoms with Crippen LogP contribution in [0.1, 0.15) is 33.6 Å². The van der Waals surface area contributed by atoms with Crippen molar-refractivity contribution in [2.75, 3.05) is 7.11 Å². The van der Waals surface area contributed by atoms with Crippen molar-refractivity contribution in [3.8, 4) is 0 Å². The third-order valence-corrected chi connectivity index (χ3v) is 2.09. The van der Waals surface area contributed by atoms with E-state index in [2.05, 4.69) is 4.74 Å². The number of hydrogen-bond donors (Lipinski definition) is 0. The summed E-state index contributed by atoms with van der Waals surface area (Å²) in [4.78, 5) is 21.9. The maximum absolute atomic E-state index is 11.2. The van der Waals surface area contributed by atoms with Gasteiger partial charge in [0.25, 0.3) is 0 Å². The summed E-state index contributed by atoms with van der Waals surface area (Å²) in [5.74, 6) is -0.609. The zero-order valence-electron chi connectivity index (χ0n) is 9.20. The van der Waals surface area contributed by atoms with Crippen molar-refractivity contribution in [3.63, 3.8) is 0 Å². The molecule has 0 rings (SSSR count). The number of methoxy groups -OCH3 is 1. The van der Waals surface area contributed by atoms with E-state index in [0.717, 1.165) is 6.42 Å². The van der Waals surface area contributed by atoms with Gasteiger partial charge in [-0.15, -0.1) is 0 Å². The average Bonchev–Trinajstić information content (AvgIpc) is 2.14. The summed E-state index contributed by atoms with van der Waals surface area (Å²) in [6.07, 6.45) is 0.699. The summed E-state index contributed by atoms with van der Waals surface area (Å²) in [5, 5.41) is 0. The van der Waals surface area contributed by atoms with E-state index >= 15 is 0 Å². The Balaban J connectivity index is 4.24. The van der Waals surface area contributed by atoms with E-state index in [4.69, 9.17) is 4.74 Å². The van der Waals surface area contributed by atoms with Gasteiger partial charge in [0.1, 0.15) is 0 Å². The monoisotopic (exact) mass is 202 g/mol. The Labute approximate surface area is 84.6 Å². The Morgan fingerprint density at radius 1 is 1.36 bits per heavy atom. The van der Waals surface area contributed by atoms with E-state index in [-0.39, 0.29) is 0 Å². The molecule has 0 spiro atoms. The second kappa shape index (κ2) is 6.40. The van der Waals surface area contributed by atoms with Crippen LogP contribution >= 0.6 is 0 Å². The fourth-order valence-corrected chi connectivity index (χ4v) is 1.06. The average molecular weight is 202 g/mol. The zero-order chi connectivity index (χ0) is 11.1. The molecule has 0 aliphatic heterocycles. The minimum atomic E-state index is -0.757. The Morgan fingerprint density at radius 3 is 2.29 bits per heavy atom. The molecule has 0 aromatic carbocycles. The molecule has 4 nitrogen and oxygen atoms in total. The second-order valence-corrected chi connectivity index (χ2v) is 3.37. The van der Waals surface area contributed by atoms with Crippen molar-refractivity contribution in [3.05, 3.63) is 0 Å². The van der Waals surface area contributed by atoms with Crippen LogP contribution in [-0.2, 0) is 19.1 Å². The summed E-state index contributed by atoms with van der Waals surface area (Å²) < 4.78 is 9.40. The molecule has 0 amide bonds. The van der Waals surface area contributed by atoms with Crippen molar-refractivity contribution in [2.45, 2.75) is 39.7 Å². The number of carbonyl (C=O) groups is 2. The molecule has 0 heterocycles. The number of carbonyl (C=O) groups excluding carboxylic acids is 2. The van der Waals surface area contributed by atoms with Crippen molar-refractivity contribution < 1.29 is 19.1 Å². The first-order valence-electron chi connectivity index (χ1n) is 4.76. The van der Waals surface area contributed by atoms with E-state index in [1.165, 1.54) is 14.0 Å².